The molecule has 3 amide bonds. The van der Waals surface area contributed by atoms with Crippen LogP contribution in [0, 0.1) is 6.92 Å². The molecule has 1 aromatic rings. The van der Waals surface area contributed by atoms with Crippen molar-refractivity contribution >= 4 is 18.1 Å². The van der Waals surface area contributed by atoms with Crippen molar-refractivity contribution in [2.75, 3.05) is 38.2 Å². The molecule has 28 heavy (non-hydrogen) atoms. The number of H-pyrrole nitrogens is 1. The number of anilines is 1. The molecule has 0 aromatic carbocycles. The number of hydrogen-bond acceptors (Lipinski definition) is 6. The summed E-state index contributed by atoms with van der Waals surface area (Å²) in [7, 11) is 0. The molecule has 0 spiro atoms. The second-order valence-corrected chi connectivity index (χ2v) is 6.21. The first kappa shape index (κ1) is 23.4. The van der Waals surface area contributed by atoms with Gasteiger partial charge in [0.1, 0.15) is 6.61 Å². The minimum absolute atomic E-state index is 0.123. The lowest BCUT2D eigenvalue weighted by Gasteiger charge is -2.08. The molecule has 0 aliphatic rings. The fraction of sp³-hybridized carbons (Fsp3) is 0.667. The number of aromatic amines is 1. The third-order valence-corrected chi connectivity index (χ3v) is 3.57. The molecule has 4 N–H and O–H groups in total. The molecule has 0 saturated heterocycles. The highest BCUT2D eigenvalue weighted by molar-refractivity contribution is 5.87. The molecule has 0 fully saturated rings. The van der Waals surface area contributed by atoms with Crippen LogP contribution >= 0.6 is 0 Å². The molecular weight excluding hydrogens is 366 g/mol. The molecule has 1 heterocycles. The summed E-state index contributed by atoms with van der Waals surface area (Å²) in [6.45, 7) is 6.09. The van der Waals surface area contributed by atoms with Crippen LogP contribution in [0.3, 0.4) is 0 Å². The zero-order valence-electron chi connectivity index (χ0n) is 16.6. The van der Waals surface area contributed by atoms with E-state index in [1.165, 1.54) is 6.07 Å². The van der Waals surface area contributed by atoms with Crippen LogP contribution in [-0.2, 0) is 9.47 Å². The zero-order chi connectivity index (χ0) is 20.6. The Labute approximate surface area is 164 Å². The number of nitrogens with zero attached hydrogens (tertiary/aromatic N) is 1. The Kier molecular flexibility index (Phi) is 12.1. The number of urea groups is 1. The maximum Gasteiger partial charge on any atom is 0.407 e. The maximum atomic E-state index is 11.7. The third-order valence-electron chi connectivity index (χ3n) is 3.57. The lowest BCUT2D eigenvalue weighted by Crippen LogP contribution is -2.31. The smallest absolute Gasteiger partial charge is 0.407 e. The standard InChI is InChI=1S/C18H31N5O5/c1-3-10-27-11-12-28-18(26)20-9-7-5-4-6-8-19-17(25)23-16-21-14(2)13-15(24)22-16/h13H,3-12H2,1-2H3,(H,20,26)(H3,19,21,22,23,24,25). The van der Waals surface area contributed by atoms with Gasteiger partial charge in [-0.05, 0) is 26.2 Å². The first-order valence-electron chi connectivity index (χ1n) is 9.62. The minimum atomic E-state index is -0.429. The number of hydrogen-bond donors (Lipinski definition) is 4. The van der Waals surface area contributed by atoms with Gasteiger partial charge in [-0.1, -0.05) is 19.8 Å². The second kappa shape index (κ2) is 14.4. The van der Waals surface area contributed by atoms with Crippen molar-refractivity contribution in [2.24, 2.45) is 0 Å². The Morgan fingerprint density at radius 2 is 1.79 bits per heavy atom. The van der Waals surface area contributed by atoms with Gasteiger partial charge >= 0.3 is 12.1 Å². The zero-order valence-corrected chi connectivity index (χ0v) is 16.6. The highest BCUT2D eigenvalue weighted by Crippen LogP contribution is 1.99. The van der Waals surface area contributed by atoms with Gasteiger partial charge in [-0.3, -0.25) is 15.1 Å². The number of ether oxygens (including phenoxy) is 2. The van der Waals surface area contributed by atoms with E-state index in [2.05, 4.69) is 25.9 Å². The summed E-state index contributed by atoms with van der Waals surface area (Å²) in [6, 6.07) is 0.931. The van der Waals surface area contributed by atoms with E-state index in [4.69, 9.17) is 9.47 Å². The van der Waals surface area contributed by atoms with Gasteiger partial charge in [-0.2, -0.15) is 0 Å². The number of aromatic nitrogens is 2. The van der Waals surface area contributed by atoms with Crippen LogP contribution in [0.4, 0.5) is 15.5 Å². The molecule has 0 saturated carbocycles. The molecular formula is C18H31N5O5. The molecule has 1 rings (SSSR count). The molecule has 1 aromatic heterocycles. The van der Waals surface area contributed by atoms with Gasteiger partial charge in [0.15, 0.2) is 0 Å². The number of amides is 3. The van der Waals surface area contributed by atoms with E-state index < -0.39 is 12.1 Å². The molecule has 0 atom stereocenters. The molecule has 0 radical (unpaired) electrons. The molecule has 10 heteroatoms. The Morgan fingerprint density at radius 3 is 2.46 bits per heavy atom. The van der Waals surface area contributed by atoms with Crippen molar-refractivity contribution in [2.45, 2.75) is 46.0 Å². The highest BCUT2D eigenvalue weighted by atomic mass is 16.6. The van der Waals surface area contributed by atoms with Crippen molar-refractivity contribution in [1.29, 1.82) is 0 Å². The number of carbonyl (C=O) groups excluding carboxylic acids is 2. The predicted octanol–water partition coefficient (Wildman–Crippen LogP) is 1.91. The van der Waals surface area contributed by atoms with Crippen LogP contribution in [-0.4, -0.2) is 55.0 Å². The summed E-state index contributed by atoms with van der Waals surface area (Å²) in [5.74, 6) is 0.123. The van der Waals surface area contributed by atoms with Gasteiger partial charge in [-0.25, -0.2) is 14.6 Å². The van der Waals surface area contributed by atoms with E-state index in [1.54, 1.807) is 6.92 Å². The SMILES string of the molecule is CCCOCCOC(=O)NCCCCCCNC(=O)Nc1nc(C)cc(=O)[nH]1. The van der Waals surface area contributed by atoms with Crippen LogP contribution in [0.25, 0.3) is 0 Å². The molecule has 0 bridgehead atoms. The van der Waals surface area contributed by atoms with Gasteiger partial charge in [0.05, 0.1) is 6.61 Å². The lowest BCUT2D eigenvalue weighted by atomic mass is 10.2. The van der Waals surface area contributed by atoms with E-state index in [-0.39, 0.29) is 18.1 Å². The van der Waals surface area contributed by atoms with Crippen LogP contribution in [0.5, 0.6) is 0 Å². The summed E-state index contributed by atoms with van der Waals surface area (Å²) in [5.41, 5.74) is 0.214. The summed E-state index contributed by atoms with van der Waals surface area (Å²) in [6.07, 6.45) is 4.00. The van der Waals surface area contributed by atoms with Crippen LogP contribution in [0.15, 0.2) is 10.9 Å². The van der Waals surface area contributed by atoms with E-state index in [9.17, 15) is 14.4 Å². The minimum Gasteiger partial charge on any atom is -0.447 e. The van der Waals surface area contributed by atoms with E-state index in [0.717, 1.165) is 32.1 Å². The third kappa shape index (κ3) is 11.9. The van der Waals surface area contributed by atoms with Crippen molar-refractivity contribution in [3.05, 3.63) is 22.1 Å². The average Bonchev–Trinajstić information content (AvgIpc) is 2.62. The van der Waals surface area contributed by atoms with Crippen molar-refractivity contribution in [3.63, 3.8) is 0 Å². The van der Waals surface area contributed by atoms with E-state index >= 15 is 0 Å². The summed E-state index contributed by atoms with van der Waals surface area (Å²) >= 11 is 0. The highest BCUT2D eigenvalue weighted by Gasteiger charge is 2.04. The summed E-state index contributed by atoms with van der Waals surface area (Å²) < 4.78 is 10.2. The fourth-order valence-corrected chi connectivity index (χ4v) is 2.28. The number of unbranched alkanes of at least 4 members (excludes halogenated alkanes) is 3. The number of aryl methyl sites for hydroxylation is 1. The maximum absolute atomic E-state index is 11.7. The molecule has 158 valence electrons. The fourth-order valence-electron chi connectivity index (χ4n) is 2.28. The first-order valence-corrected chi connectivity index (χ1v) is 9.62. The molecule has 0 unspecified atom stereocenters. The van der Waals surface area contributed by atoms with Crippen molar-refractivity contribution in [1.82, 2.24) is 20.6 Å². The van der Waals surface area contributed by atoms with E-state index in [0.29, 0.717) is 32.0 Å². The molecule has 0 aliphatic carbocycles. The Balaban J connectivity index is 1.96. The molecule has 0 aliphatic heterocycles. The Hall–Kier alpha value is -2.62. The number of nitrogens with one attached hydrogen (secondary N) is 4. The summed E-state index contributed by atoms with van der Waals surface area (Å²) in [4.78, 5) is 40.9. The van der Waals surface area contributed by atoms with Crippen LogP contribution in [0.1, 0.15) is 44.7 Å². The van der Waals surface area contributed by atoms with Crippen LogP contribution in [0.2, 0.25) is 0 Å². The summed E-state index contributed by atoms with van der Waals surface area (Å²) in [5, 5.41) is 7.88. The largest absolute Gasteiger partial charge is 0.447 e. The monoisotopic (exact) mass is 397 g/mol. The first-order chi connectivity index (χ1) is 13.5. The van der Waals surface area contributed by atoms with Gasteiger partial charge in [0, 0.05) is 31.5 Å². The quantitative estimate of drug-likeness (QED) is 0.376. The van der Waals surface area contributed by atoms with Crippen molar-refractivity contribution < 1.29 is 19.1 Å². The topological polar surface area (TPSA) is 134 Å². The lowest BCUT2D eigenvalue weighted by molar-refractivity contribution is 0.0731. The van der Waals surface area contributed by atoms with Crippen LogP contribution < -0.4 is 21.5 Å². The predicted molar refractivity (Wildman–Crippen MR) is 106 cm³/mol. The molecule has 10 nitrogen and oxygen atoms in total. The number of alkyl carbamates (subject to hydrolysis) is 1. The van der Waals surface area contributed by atoms with Gasteiger partial charge < -0.3 is 20.1 Å². The van der Waals surface area contributed by atoms with E-state index in [1.807, 2.05) is 6.92 Å². The Morgan fingerprint density at radius 1 is 1.07 bits per heavy atom. The van der Waals surface area contributed by atoms with Gasteiger partial charge in [0.25, 0.3) is 5.56 Å². The number of carbonyl (C=O) groups is 2. The normalized spacial score (nSPS) is 10.4. The average molecular weight is 397 g/mol. The number of rotatable bonds is 13. The van der Waals surface area contributed by atoms with Crippen molar-refractivity contribution in [3.8, 4) is 0 Å². The van der Waals surface area contributed by atoms with Gasteiger partial charge in [0.2, 0.25) is 5.95 Å². The van der Waals surface area contributed by atoms with Gasteiger partial charge in [-0.15, -0.1) is 0 Å². The Bertz CT molecular complexity index is 649. The second-order valence-electron chi connectivity index (χ2n) is 6.21.